The van der Waals surface area contributed by atoms with Crippen LogP contribution in [0.25, 0.3) is 11.3 Å². The Bertz CT molecular complexity index is 954. The number of carbonyl (C=O) groups is 1. The quantitative estimate of drug-likeness (QED) is 0.560. The highest BCUT2D eigenvalue weighted by Gasteiger charge is 2.17. The number of nitrogens with zero attached hydrogens (tertiary/aromatic N) is 2. The number of aryl methyl sites for hydroxylation is 1. The minimum atomic E-state index is -0.291. The predicted molar refractivity (Wildman–Crippen MR) is 113 cm³/mol. The number of aromatic amines is 1. The van der Waals surface area contributed by atoms with Crippen molar-refractivity contribution in [3.63, 3.8) is 0 Å². The Morgan fingerprint density at radius 1 is 1.10 bits per heavy atom. The van der Waals surface area contributed by atoms with Crippen molar-refractivity contribution in [1.29, 1.82) is 0 Å². The van der Waals surface area contributed by atoms with Crippen LogP contribution < -0.4 is 5.32 Å². The standard InChI is InChI=1S/C23H26F2N4O/c1-16(23(30)26-15-17-5-9-19(24)10-6-17)29(2)13-3-4-21-14-22(28-27-21)18-7-11-20(25)12-8-18/h5-12,14,16H,3-4,13,15H2,1-2H3,(H,26,30)(H,27,28). The largest absolute Gasteiger partial charge is 0.351 e. The maximum absolute atomic E-state index is 13.0. The molecule has 2 N–H and O–H groups in total. The number of hydrogen-bond donors (Lipinski definition) is 2. The highest BCUT2D eigenvalue weighted by atomic mass is 19.1. The van der Waals surface area contributed by atoms with E-state index in [9.17, 15) is 13.6 Å². The summed E-state index contributed by atoms with van der Waals surface area (Å²) in [4.78, 5) is 14.4. The Morgan fingerprint density at radius 2 is 1.73 bits per heavy atom. The van der Waals surface area contributed by atoms with E-state index in [1.54, 1.807) is 24.3 Å². The molecule has 0 fully saturated rings. The lowest BCUT2D eigenvalue weighted by atomic mass is 10.1. The fourth-order valence-corrected chi connectivity index (χ4v) is 3.11. The number of benzene rings is 2. The second-order valence-corrected chi connectivity index (χ2v) is 7.39. The van der Waals surface area contributed by atoms with Crippen molar-refractivity contribution in [1.82, 2.24) is 20.4 Å². The molecule has 2 aromatic carbocycles. The van der Waals surface area contributed by atoms with Crippen molar-refractivity contribution in [2.24, 2.45) is 0 Å². The lowest BCUT2D eigenvalue weighted by Crippen LogP contribution is -2.43. The first-order valence-electron chi connectivity index (χ1n) is 9.95. The summed E-state index contributed by atoms with van der Waals surface area (Å²) in [7, 11) is 1.92. The zero-order valence-electron chi connectivity index (χ0n) is 17.2. The summed E-state index contributed by atoms with van der Waals surface area (Å²) in [5.74, 6) is -0.629. The molecule has 7 heteroatoms. The molecule has 0 saturated carbocycles. The monoisotopic (exact) mass is 412 g/mol. The number of hydrogen-bond acceptors (Lipinski definition) is 3. The molecule has 0 aliphatic rings. The summed E-state index contributed by atoms with van der Waals surface area (Å²) in [6, 6.07) is 14.0. The van der Waals surface area contributed by atoms with E-state index in [-0.39, 0.29) is 23.6 Å². The fraction of sp³-hybridized carbons (Fsp3) is 0.304. The van der Waals surface area contributed by atoms with E-state index in [1.807, 2.05) is 24.9 Å². The highest BCUT2D eigenvalue weighted by molar-refractivity contribution is 5.81. The van der Waals surface area contributed by atoms with E-state index in [0.717, 1.165) is 41.9 Å². The summed E-state index contributed by atoms with van der Waals surface area (Å²) in [5.41, 5.74) is 3.50. The summed E-state index contributed by atoms with van der Waals surface area (Å²) < 4.78 is 26.0. The maximum Gasteiger partial charge on any atom is 0.237 e. The lowest BCUT2D eigenvalue weighted by Gasteiger charge is -2.23. The van der Waals surface area contributed by atoms with Crippen LogP contribution in [0.4, 0.5) is 8.78 Å². The number of amides is 1. The zero-order chi connectivity index (χ0) is 21.5. The van der Waals surface area contributed by atoms with E-state index in [0.29, 0.717) is 6.54 Å². The molecule has 5 nitrogen and oxygen atoms in total. The van der Waals surface area contributed by atoms with Gasteiger partial charge in [0.1, 0.15) is 11.6 Å². The SMILES string of the molecule is CC(C(=O)NCc1ccc(F)cc1)N(C)CCCc1cc(-c2ccc(F)cc2)n[nH]1. The third-order valence-electron chi connectivity index (χ3n) is 5.15. The van der Waals surface area contributed by atoms with Crippen LogP contribution in [0.2, 0.25) is 0 Å². The van der Waals surface area contributed by atoms with Crippen LogP contribution in [0.15, 0.2) is 54.6 Å². The fourth-order valence-electron chi connectivity index (χ4n) is 3.11. The van der Waals surface area contributed by atoms with Gasteiger partial charge in [-0.3, -0.25) is 14.8 Å². The van der Waals surface area contributed by atoms with Crippen molar-refractivity contribution in [2.45, 2.75) is 32.4 Å². The average Bonchev–Trinajstić information content (AvgIpc) is 3.22. The third-order valence-corrected chi connectivity index (χ3v) is 5.15. The number of H-pyrrole nitrogens is 1. The number of aromatic nitrogens is 2. The number of rotatable bonds is 9. The van der Waals surface area contributed by atoms with E-state index in [4.69, 9.17) is 0 Å². The van der Waals surface area contributed by atoms with Gasteiger partial charge in [-0.15, -0.1) is 0 Å². The van der Waals surface area contributed by atoms with Gasteiger partial charge >= 0.3 is 0 Å². The van der Waals surface area contributed by atoms with Gasteiger partial charge in [0.2, 0.25) is 5.91 Å². The van der Waals surface area contributed by atoms with Crippen molar-refractivity contribution in [2.75, 3.05) is 13.6 Å². The molecule has 0 saturated heterocycles. The molecule has 3 aromatic rings. The molecule has 1 unspecified atom stereocenters. The second kappa shape index (κ2) is 10.1. The van der Waals surface area contributed by atoms with Crippen molar-refractivity contribution in [3.05, 3.63) is 77.5 Å². The van der Waals surface area contributed by atoms with Gasteiger partial charge in [0.25, 0.3) is 0 Å². The van der Waals surface area contributed by atoms with E-state index in [2.05, 4.69) is 15.5 Å². The van der Waals surface area contributed by atoms with E-state index < -0.39 is 0 Å². The summed E-state index contributed by atoms with van der Waals surface area (Å²) >= 11 is 0. The predicted octanol–water partition coefficient (Wildman–Crippen LogP) is 3.92. The Balaban J connectivity index is 1.42. The van der Waals surface area contributed by atoms with Gasteiger partial charge < -0.3 is 5.32 Å². The van der Waals surface area contributed by atoms with Crippen molar-refractivity contribution in [3.8, 4) is 11.3 Å². The van der Waals surface area contributed by atoms with Crippen LogP contribution in [0.3, 0.4) is 0 Å². The van der Waals surface area contributed by atoms with Crippen molar-refractivity contribution < 1.29 is 13.6 Å². The average molecular weight is 412 g/mol. The summed E-state index contributed by atoms with van der Waals surface area (Å²) in [6.45, 7) is 2.98. The molecule has 158 valence electrons. The van der Waals surface area contributed by atoms with Crippen LogP contribution >= 0.6 is 0 Å². The molecule has 1 heterocycles. The third kappa shape index (κ3) is 5.97. The van der Waals surface area contributed by atoms with Gasteiger partial charge in [-0.1, -0.05) is 12.1 Å². The molecule has 1 atom stereocenters. The topological polar surface area (TPSA) is 61.0 Å². The molecule has 0 spiro atoms. The minimum Gasteiger partial charge on any atom is -0.351 e. The highest BCUT2D eigenvalue weighted by Crippen LogP contribution is 2.18. The minimum absolute atomic E-state index is 0.0676. The van der Waals surface area contributed by atoms with Crippen LogP contribution in [0.1, 0.15) is 24.6 Å². The Labute approximate surface area is 175 Å². The van der Waals surface area contributed by atoms with E-state index >= 15 is 0 Å². The molecule has 0 bridgehead atoms. The smallest absolute Gasteiger partial charge is 0.237 e. The number of nitrogens with one attached hydrogen (secondary N) is 2. The maximum atomic E-state index is 13.0. The van der Waals surface area contributed by atoms with Crippen LogP contribution in [0, 0.1) is 11.6 Å². The lowest BCUT2D eigenvalue weighted by molar-refractivity contribution is -0.125. The normalized spacial score (nSPS) is 12.2. The number of halogens is 2. The first kappa shape index (κ1) is 21.6. The van der Waals surface area contributed by atoms with Gasteiger partial charge in [0, 0.05) is 17.8 Å². The second-order valence-electron chi connectivity index (χ2n) is 7.39. The number of likely N-dealkylation sites (N-methyl/N-ethyl adjacent to an activating group) is 1. The van der Waals surface area contributed by atoms with Crippen molar-refractivity contribution >= 4 is 5.91 Å². The number of carbonyl (C=O) groups excluding carboxylic acids is 1. The van der Waals surface area contributed by atoms with Gasteiger partial charge in [0.15, 0.2) is 0 Å². The van der Waals surface area contributed by atoms with Gasteiger partial charge in [-0.25, -0.2) is 8.78 Å². The molecule has 0 aliphatic heterocycles. The molecule has 3 rings (SSSR count). The molecule has 1 aromatic heterocycles. The Hall–Kier alpha value is -3.06. The molecule has 30 heavy (non-hydrogen) atoms. The molecular formula is C23H26F2N4O. The summed E-state index contributed by atoms with van der Waals surface area (Å²) in [6.07, 6.45) is 1.65. The zero-order valence-corrected chi connectivity index (χ0v) is 17.2. The van der Waals surface area contributed by atoms with Gasteiger partial charge in [-0.2, -0.15) is 5.10 Å². The molecular weight excluding hydrogens is 386 g/mol. The molecule has 0 aliphatic carbocycles. The van der Waals surface area contributed by atoms with E-state index in [1.165, 1.54) is 24.3 Å². The first-order valence-corrected chi connectivity index (χ1v) is 9.95. The van der Waals surface area contributed by atoms with Crippen LogP contribution in [0.5, 0.6) is 0 Å². The molecule has 0 radical (unpaired) electrons. The van der Waals surface area contributed by atoms with Gasteiger partial charge in [-0.05, 0) is 81.4 Å². The Morgan fingerprint density at radius 3 is 2.40 bits per heavy atom. The molecule has 1 amide bonds. The first-order chi connectivity index (χ1) is 14.4. The van der Waals surface area contributed by atoms with Crippen LogP contribution in [-0.2, 0) is 17.8 Å². The summed E-state index contributed by atoms with van der Waals surface area (Å²) in [5, 5.41) is 10.2. The Kier molecular flexibility index (Phi) is 7.30. The van der Waals surface area contributed by atoms with Crippen LogP contribution in [-0.4, -0.2) is 40.6 Å². The van der Waals surface area contributed by atoms with Gasteiger partial charge in [0.05, 0.1) is 11.7 Å².